The number of hydrogen-bond acceptors (Lipinski definition) is 14. The molecule has 111 heavy (non-hydrogen) atoms. The Balaban J connectivity index is 4.71. The van der Waals surface area contributed by atoms with Crippen molar-refractivity contribution in [2.24, 2.45) is 0 Å². The topological polar surface area (TPSA) is 231 Å². The average Bonchev–Trinajstić information content (AvgIpc) is 0.897. The van der Waals surface area contributed by atoms with Crippen LogP contribution in [0.4, 0.5) is 0 Å². The highest BCUT2D eigenvalue weighted by Gasteiger charge is 2.29. The molecule has 0 aromatic heterocycles. The Kier molecular flexibility index (Phi) is 80.0. The number of allylic oxidation sites excluding steroid dienone is 30. The molecule has 0 aliphatic carbocycles. The van der Waals surface area contributed by atoms with Crippen LogP contribution in [-0.2, 0) is 55.8 Å². The molecule has 0 amide bonds. The molecule has 16 nitrogen and oxygen atoms in total. The van der Waals surface area contributed by atoms with Crippen molar-refractivity contribution in [1.29, 1.82) is 0 Å². The van der Waals surface area contributed by atoms with Crippen molar-refractivity contribution in [2.75, 3.05) is 39.6 Å². The van der Waals surface area contributed by atoms with Gasteiger partial charge in [-0.15, -0.1) is 0 Å². The Morgan fingerprint density at radius 3 is 0.757 bits per heavy atom. The molecular weight excluding hydrogens is 1430 g/mol. The van der Waals surface area contributed by atoms with E-state index in [0.717, 1.165) is 199 Å². The quantitative estimate of drug-likeness (QED) is 0.0146. The molecule has 0 aliphatic heterocycles. The number of aliphatic hydroxyl groups excluding tert-OH is 2. The highest BCUT2D eigenvalue weighted by Crippen LogP contribution is 2.45. The predicted molar refractivity (Wildman–Crippen MR) is 463 cm³/mol. The Morgan fingerprint density at radius 1 is 0.261 bits per heavy atom. The molecule has 0 radical (unpaired) electrons. The fourth-order valence-electron chi connectivity index (χ4n) is 11.1. The summed E-state index contributed by atoms with van der Waals surface area (Å²) in [6.45, 7) is 2.41. The normalized spacial score (nSPS) is 14.8. The summed E-state index contributed by atoms with van der Waals surface area (Å²) in [6, 6.07) is 0. The van der Waals surface area contributed by atoms with E-state index in [1.165, 1.54) is 70.6 Å². The van der Waals surface area contributed by atoms with Crippen LogP contribution in [0.2, 0.25) is 0 Å². The van der Waals surface area contributed by atoms with Crippen LogP contribution in [0.25, 0.3) is 0 Å². The minimum Gasteiger partial charge on any atom is -0.463 e. The van der Waals surface area contributed by atoms with Gasteiger partial charge in [0.2, 0.25) is 0 Å². The number of rotatable bonds is 80. The third kappa shape index (κ3) is 85.4. The van der Waals surface area contributed by atoms with Crippen molar-refractivity contribution < 1.29 is 75.8 Å². The number of hydrogen-bond donors (Lipinski definition) is 4. The van der Waals surface area contributed by atoms with Gasteiger partial charge >= 0.3 is 33.6 Å². The molecule has 0 saturated carbocycles. The molecule has 5 atom stereocenters. The summed E-state index contributed by atoms with van der Waals surface area (Å²) in [4.78, 5) is 58.9. The molecule has 0 aliphatic rings. The third-order valence-electron chi connectivity index (χ3n) is 17.6. The Bertz CT molecular complexity index is 2750. The van der Waals surface area contributed by atoms with Gasteiger partial charge in [-0.05, 0) is 161 Å². The third-order valence-corrected chi connectivity index (χ3v) is 19.5. The van der Waals surface area contributed by atoms with E-state index < -0.39 is 91.5 Å². The lowest BCUT2D eigenvalue weighted by molar-refractivity contribution is -0.161. The van der Waals surface area contributed by atoms with Crippen LogP contribution < -0.4 is 0 Å². The van der Waals surface area contributed by atoms with Crippen LogP contribution in [0.1, 0.15) is 329 Å². The standard InChI is InChI=1S/C93H154O16P2/c1-4-7-10-13-16-19-22-25-28-31-34-37-40-42-43-45-48-49-52-55-58-61-64-67-70-73-76-79-91(96)103-82-88(94)83-105-110(99,100)106-84-89(95)85-107-111(101,102)108-87-90(109-93(98)81-78-75-72-69-66-63-60-57-54-51-46-39-36-33-30-27-24-21-18-15-12-9-6-3)86-104-92(97)80-77-74-71-68-65-62-59-56-53-50-47-44-41-38-35-32-29-26-23-20-17-14-11-8-5-2/h7,9-10,12,16-21,25-30,34-39,42-44,47-49,51,54,88-90,94-95H,4-6,8,11,13-15,22-24,31-33,40-41,45-46,50,52-53,55-87H2,1-3H3,(H,99,100)(H,101,102)/b10-7-,12-9-,19-16-,20-17-,21-18-,28-25-,29-26-,30-27-,37-34-,38-35-,39-36-,43-42-,47-44-,49-48-,54-51-. The highest BCUT2D eigenvalue weighted by atomic mass is 31.2. The molecule has 0 aromatic rings. The van der Waals surface area contributed by atoms with Gasteiger partial charge in [-0.1, -0.05) is 331 Å². The van der Waals surface area contributed by atoms with Crippen molar-refractivity contribution in [3.05, 3.63) is 182 Å². The molecule has 0 heterocycles. The van der Waals surface area contributed by atoms with E-state index in [1.54, 1.807) is 0 Å². The summed E-state index contributed by atoms with van der Waals surface area (Å²) in [6.07, 6.45) is 109. The predicted octanol–water partition coefficient (Wildman–Crippen LogP) is 26.1. The second-order valence-electron chi connectivity index (χ2n) is 28.2. The number of phosphoric ester groups is 2. The van der Waals surface area contributed by atoms with Gasteiger partial charge < -0.3 is 34.2 Å². The van der Waals surface area contributed by atoms with Crippen molar-refractivity contribution in [3.63, 3.8) is 0 Å². The van der Waals surface area contributed by atoms with Gasteiger partial charge in [-0.3, -0.25) is 32.5 Å². The molecule has 0 bridgehead atoms. The summed E-state index contributed by atoms with van der Waals surface area (Å²) >= 11 is 0. The molecule has 0 saturated heterocycles. The number of unbranched alkanes of at least 4 members (excludes halogenated alkanes) is 27. The summed E-state index contributed by atoms with van der Waals surface area (Å²) < 4.78 is 61.4. The zero-order valence-corrected chi connectivity index (χ0v) is 71.1. The van der Waals surface area contributed by atoms with E-state index >= 15 is 0 Å². The minimum atomic E-state index is -4.95. The summed E-state index contributed by atoms with van der Waals surface area (Å²) in [5.74, 6) is -1.61. The maximum absolute atomic E-state index is 13.1. The largest absolute Gasteiger partial charge is 0.472 e. The number of aliphatic hydroxyl groups is 2. The summed E-state index contributed by atoms with van der Waals surface area (Å²) in [7, 11) is -9.82. The molecule has 632 valence electrons. The van der Waals surface area contributed by atoms with E-state index in [9.17, 15) is 43.5 Å². The van der Waals surface area contributed by atoms with Crippen molar-refractivity contribution in [2.45, 2.75) is 347 Å². The molecule has 0 spiro atoms. The average molecular weight is 1590 g/mol. The molecular formula is C93H154O16P2. The number of carbonyl (C=O) groups excluding carboxylic acids is 3. The molecule has 0 rings (SSSR count). The van der Waals surface area contributed by atoms with Crippen LogP contribution >= 0.6 is 15.6 Å². The first kappa shape index (κ1) is 106. The first-order chi connectivity index (χ1) is 54.2. The fraction of sp³-hybridized carbons (Fsp3) is 0.645. The first-order valence-electron chi connectivity index (χ1n) is 43.1. The van der Waals surface area contributed by atoms with Gasteiger partial charge in [0.1, 0.15) is 25.4 Å². The van der Waals surface area contributed by atoms with Crippen LogP contribution in [0, 0.1) is 0 Å². The Morgan fingerprint density at radius 2 is 0.477 bits per heavy atom. The van der Waals surface area contributed by atoms with Crippen molar-refractivity contribution >= 4 is 33.6 Å². The zero-order valence-electron chi connectivity index (χ0n) is 69.3. The van der Waals surface area contributed by atoms with E-state index in [2.05, 4.69) is 203 Å². The fourth-order valence-corrected chi connectivity index (χ4v) is 12.7. The molecule has 18 heteroatoms. The zero-order chi connectivity index (χ0) is 80.8. The SMILES string of the molecule is CC/C=C\C/C=C\C/C=C\C/C=C\C/C=C\C/C=C\CCCCCCCCCCC(=O)OCC(O)COP(=O)(O)OCC(O)COP(=O)(O)OCC(COC(=O)CCCCCCCCCCC/C=C\C/C=C\C/C=C\C/C=C\CCCCC)OC(=O)CCCCCCCCC/C=C\C/C=C\C/C=C\C/C=C\C/C=C\CC. The maximum Gasteiger partial charge on any atom is 0.472 e. The van der Waals surface area contributed by atoms with Gasteiger partial charge in [0.25, 0.3) is 0 Å². The number of ether oxygens (including phenoxy) is 3. The second kappa shape index (κ2) is 84.1. The minimum absolute atomic E-state index is 0.0836. The van der Waals surface area contributed by atoms with Gasteiger partial charge in [0, 0.05) is 19.3 Å². The molecule has 5 unspecified atom stereocenters. The van der Waals surface area contributed by atoms with E-state index in [4.69, 9.17) is 32.3 Å². The lowest BCUT2D eigenvalue weighted by Gasteiger charge is -2.21. The number of carbonyl (C=O) groups is 3. The molecule has 0 fully saturated rings. The Hall–Kier alpha value is -5.35. The van der Waals surface area contributed by atoms with E-state index in [1.807, 2.05) is 0 Å². The summed E-state index contributed by atoms with van der Waals surface area (Å²) in [5, 5.41) is 20.7. The molecule has 0 aromatic carbocycles. The lowest BCUT2D eigenvalue weighted by atomic mass is 10.1. The van der Waals surface area contributed by atoms with Crippen LogP contribution in [0.5, 0.6) is 0 Å². The number of phosphoric acid groups is 2. The second-order valence-corrected chi connectivity index (χ2v) is 31.1. The van der Waals surface area contributed by atoms with Crippen molar-refractivity contribution in [1.82, 2.24) is 0 Å². The van der Waals surface area contributed by atoms with Gasteiger partial charge in [-0.25, -0.2) is 9.13 Å². The monoisotopic (exact) mass is 1590 g/mol. The van der Waals surface area contributed by atoms with Crippen LogP contribution in [0.3, 0.4) is 0 Å². The lowest BCUT2D eigenvalue weighted by Crippen LogP contribution is -2.30. The molecule has 4 N–H and O–H groups in total. The number of esters is 3. The van der Waals surface area contributed by atoms with E-state index in [-0.39, 0.29) is 19.3 Å². The smallest absolute Gasteiger partial charge is 0.463 e. The van der Waals surface area contributed by atoms with E-state index in [0.29, 0.717) is 19.3 Å². The van der Waals surface area contributed by atoms with Crippen LogP contribution in [0.15, 0.2) is 182 Å². The van der Waals surface area contributed by atoms with Gasteiger partial charge in [0.15, 0.2) is 6.10 Å². The van der Waals surface area contributed by atoms with Crippen LogP contribution in [-0.4, -0.2) is 95.9 Å². The first-order valence-corrected chi connectivity index (χ1v) is 46.1. The Labute approximate surface area is 675 Å². The van der Waals surface area contributed by atoms with Crippen molar-refractivity contribution in [3.8, 4) is 0 Å². The van der Waals surface area contributed by atoms with Gasteiger partial charge in [0.05, 0.1) is 26.4 Å². The highest BCUT2D eigenvalue weighted by molar-refractivity contribution is 7.47. The maximum atomic E-state index is 13.1. The van der Waals surface area contributed by atoms with Gasteiger partial charge in [-0.2, -0.15) is 0 Å². The summed E-state index contributed by atoms with van der Waals surface area (Å²) in [5.41, 5.74) is 0.